The quantitative estimate of drug-likeness (QED) is 0.376. The fourth-order valence-electron chi connectivity index (χ4n) is 1.21. The average molecular weight is 238 g/mol. The molecule has 0 bridgehead atoms. The van der Waals surface area contributed by atoms with Gasteiger partial charge in [0.25, 0.3) is 0 Å². The molecule has 0 unspecified atom stereocenters. The zero-order valence-corrected chi connectivity index (χ0v) is 10.5. The number of para-hydroxylation sites is 1. The van der Waals surface area contributed by atoms with Crippen molar-refractivity contribution in [3.63, 3.8) is 0 Å². The molecule has 1 aromatic carbocycles. The number of ether oxygens (including phenoxy) is 1. The molecule has 0 amide bonds. The van der Waals surface area contributed by atoms with Gasteiger partial charge in [-0.1, -0.05) is 61.7 Å². The topological polar surface area (TPSA) is 9.23 Å². The summed E-state index contributed by atoms with van der Waals surface area (Å²) < 4.78 is 5.57. The van der Waals surface area contributed by atoms with Crippen LogP contribution in [0.2, 0.25) is 0 Å². The Morgan fingerprint density at radius 3 is 2.50 bits per heavy atom. The van der Waals surface area contributed by atoms with E-state index < -0.39 is 0 Å². The van der Waals surface area contributed by atoms with Crippen LogP contribution in [-0.2, 0) is 0 Å². The molecule has 92 valence electrons. The summed E-state index contributed by atoms with van der Waals surface area (Å²) in [6.07, 6.45) is 10.4. The van der Waals surface area contributed by atoms with Crippen molar-refractivity contribution in [1.29, 1.82) is 0 Å². The second kappa shape index (κ2) is 7.91. The largest absolute Gasteiger partial charge is 0.457 e. The molecule has 1 nitrogen and oxygen atoms in total. The van der Waals surface area contributed by atoms with Crippen molar-refractivity contribution in [3.8, 4) is 5.75 Å². The first-order valence-corrected chi connectivity index (χ1v) is 5.79. The number of hydrogen-bond acceptors (Lipinski definition) is 1. The van der Waals surface area contributed by atoms with Crippen molar-refractivity contribution in [3.05, 3.63) is 91.8 Å². The van der Waals surface area contributed by atoms with E-state index in [1.807, 2.05) is 60.7 Å². The maximum atomic E-state index is 5.57. The van der Waals surface area contributed by atoms with Crippen LogP contribution in [0.3, 0.4) is 0 Å². The first-order chi connectivity index (χ1) is 8.74. The molecule has 0 aliphatic rings. The lowest BCUT2D eigenvalue weighted by molar-refractivity contribution is 0.442. The summed E-state index contributed by atoms with van der Waals surface area (Å²) in [5, 5.41) is 0. The van der Waals surface area contributed by atoms with Crippen LogP contribution >= 0.6 is 0 Å². The summed E-state index contributed by atoms with van der Waals surface area (Å²) in [6.45, 7) is 11.4. The second-order valence-corrected chi connectivity index (χ2v) is 3.68. The lowest BCUT2D eigenvalue weighted by atomic mass is 10.2. The number of rotatable bonds is 7. The molecule has 1 aromatic rings. The van der Waals surface area contributed by atoms with Gasteiger partial charge < -0.3 is 4.74 Å². The Morgan fingerprint density at radius 2 is 1.83 bits per heavy atom. The van der Waals surface area contributed by atoms with Gasteiger partial charge >= 0.3 is 0 Å². The van der Waals surface area contributed by atoms with Gasteiger partial charge in [-0.2, -0.15) is 0 Å². The van der Waals surface area contributed by atoms with E-state index in [1.165, 1.54) is 0 Å². The maximum absolute atomic E-state index is 5.57. The average Bonchev–Trinajstić information content (AvgIpc) is 2.39. The predicted octanol–water partition coefficient (Wildman–Crippen LogP) is 4.82. The summed E-state index contributed by atoms with van der Waals surface area (Å²) in [4.78, 5) is 0. The summed E-state index contributed by atoms with van der Waals surface area (Å²) in [6, 6.07) is 9.53. The van der Waals surface area contributed by atoms with Crippen molar-refractivity contribution in [2.75, 3.05) is 0 Å². The smallest absolute Gasteiger partial charge is 0.127 e. The summed E-state index contributed by atoms with van der Waals surface area (Å²) in [5.41, 5.74) is 0.752. The van der Waals surface area contributed by atoms with Gasteiger partial charge in [-0.05, 0) is 18.6 Å². The molecule has 0 fully saturated rings. The minimum absolute atomic E-state index is 0.551. The summed E-state index contributed by atoms with van der Waals surface area (Å²) >= 11 is 0. The predicted molar refractivity (Wildman–Crippen MR) is 78.4 cm³/mol. The number of hydrogen-bond donors (Lipinski definition) is 0. The van der Waals surface area contributed by atoms with E-state index in [-0.39, 0.29) is 0 Å². The Balaban J connectivity index is 2.47. The van der Waals surface area contributed by atoms with E-state index in [0.717, 1.165) is 17.7 Å². The molecule has 0 heterocycles. The van der Waals surface area contributed by atoms with Gasteiger partial charge in [0.15, 0.2) is 0 Å². The van der Waals surface area contributed by atoms with E-state index in [2.05, 4.69) is 19.7 Å². The minimum atomic E-state index is 0.551. The molecule has 0 aromatic heterocycles. The number of allylic oxidation sites excluding steroid dienone is 5. The van der Waals surface area contributed by atoms with Gasteiger partial charge in [0, 0.05) is 5.57 Å². The van der Waals surface area contributed by atoms with Crippen molar-refractivity contribution in [2.24, 2.45) is 0 Å². The van der Waals surface area contributed by atoms with Crippen LogP contribution in [0, 0.1) is 0 Å². The number of benzene rings is 1. The Labute approximate surface area is 109 Å². The summed E-state index contributed by atoms with van der Waals surface area (Å²) in [7, 11) is 0. The van der Waals surface area contributed by atoms with Crippen LogP contribution < -0.4 is 4.74 Å². The van der Waals surface area contributed by atoms with E-state index in [4.69, 9.17) is 4.74 Å². The van der Waals surface area contributed by atoms with Gasteiger partial charge in [0.2, 0.25) is 0 Å². The molecule has 18 heavy (non-hydrogen) atoms. The highest BCUT2D eigenvalue weighted by molar-refractivity contribution is 5.36. The molecule has 0 N–H and O–H groups in total. The molecular formula is C17H18O. The van der Waals surface area contributed by atoms with E-state index in [0.29, 0.717) is 5.76 Å². The minimum Gasteiger partial charge on any atom is -0.457 e. The van der Waals surface area contributed by atoms with Gasteiger partial charge in [-0.3, -0.25) is 0 Å². The SMILES string of the molecule is C=CC/C=C\C=C/C(=C)C(=C)Oc1ccccc1. The fraction of sp³-hybridized carbons (Fsp3) is 0.0588. The highest BCUT2D eigenvalue weighted by Gasteiger charge is 1.98. The van der Waals surface area contributed by atoms with Crippen molar-refractivity contribution in [1.82, 2.24) is 0 Å². The molecule has 0 saturated heterocycles. The van der Waals surface area contributed by atoms with Crippen molar-refractivity contribution in [2.45, 2.75) is 6.42 Å². The van der Waals surface area contributed by atoms with Gasteiger partial charge in [0.1, 0.15) is 11.5 Å². The molecule has 0 aliphatic heterocycles. The fourth-order valence-corrected chi connectivity index (χ4v) is 1.21. The van der Waals surface area contributed by atoms with Crippen LogP contribution in [0.1, 0.15) is 6.42 Å². The first-order valence-electron chi connectivity index (χ1n) is 5.79. The second-order valence-electron chi connectivity index (χ2n) is 3.68. The Kier molecular flexibility index (Phi) is 6.05. The third-order valence-electron chi connectivity index (χ3n) is 2.19. The zero-order chi connectivity index (χ0) is 13.2. The molecule has 0 atom stereocenters. The van der Waals surface area contributed by atoms with Gasteiger partial charge in [-0.25, -0.2) is 0 Å². The molecule has 1 rings (SSSR count). The van der Waals surface area contributed by atoms with Crippen LogP contribution in [0.15, 0.2) is 91.8 Å². The highest BCUT2D eigenvalue weighted by Crippen LogP contribution is 2.16. The summed E-state index contributed by atoms with van der Waals surface area (Å²) in [5.74, 6) is 1.31. The molecule has 0 aliphatic carbocycles. The third-order valence-corrected chi connectivity index (χ3v) is 2.19. The molecular weight excluding hydrogens is 220 g/mol. The zero-order valence-electron chi connectivity index (χ0n) is 10.5. The van der Waals surface area contributed by atoms with E-state index >= 15 is 0 Å². The lowest BCUT2D eigenvalue weighted by Crippen LogP contribution is -1.94. The normalized spacial score (nSPS) is 10.7. The van der Waals surface area contributed by atoms with Crippen LogP contribution in [-0.4, -0.2) is 0 Å². The van der Waals surface area contributed by atoms with Crippen LogP contribution in [0.5, 0.6) is 5.75 Å². The van der Waals surface area contributed by atoms with Crippen LogP contribution in [0.4, 0.5) is 0 Å². The Hall–Kier alpha value is -2.28. The monoisotopic (exact) mass is 238 g/mol. The highest BCUT2D eigenvalue weighted by atomic mass is 16.5. The van der Waals surface area contributed by atoms with Gasteiger partial charge in [0.05, 0.1) is 0 Å². The molecule has 0 saturated carbocycles. The Bertz CT molecular complexity index is 464. The van der Waals surface area contributed by atoms with Crippen molar-refractivity contribution < 1.29 is 4.74 Å². The van der Waals surface area contributed by atoms with E-state index in [1.54, 1.807) is 0 Å². The Morgan fingerprint density at radius 1 is 1.11 bits per heavy atom. The molecule has 1 heteroatoms. The first kappa shape index (κ1) is 13.8. The third kappa shape index (κ3) is 5.17. The molecule has 0 radical (unpaired) electrons. The molecule has 0 spiro atoms. The lowest BCUT2D eigenvalue weighted by Gasteiger charge is -2.07. The van der Waals surface area contributed by atoms with Gasteiger partial charge in [-0.15, -0.1) is 6.58 Å². The van der Waals surface area contributed by atoms with E-state index in [9.17, 15) is 0 Å². The maximum Gasteiger partial charge on any atom is 0.127 e. The van der Waals surface area contributed by atoms with Crippen LogP contribution in [0.25, 0.3) is 0 Å². The van der Waals surface area contributed by atoms with Crippen molar-refractivity contribution >= 4 is 0 Å². The standard InChI is InChI=1S/C17H18O/c1-4-5-6-7-9-12-15(2)16(3)18-17-13-10-8-11-14-17/h4,6-14H,1-3,5H2/b7-6-,12-9-.